The third-order valence-corrected chi connectivity index (χ3v) is 5.14. The largest absolute Gasteiger partial charge is 0.493 e. The van der Waals surface area contributed by atoms with Gasteiger partial charge in [0.05, 0.1) is 6.61 Å². The molecule has 0 bridgehead atoms. The van der Waals surface area contributed by atoms with Crippen LogP contribution in [0, 0.1) is 5.41 Å². The van der Waals surface area contributed by atoms with Crippen LogP contribution in [0.4, 0.5) is 0 Å². The Hall–Kier alpha value is -1.75. The molecule has 2 N–H and O–H groups in total. The molecule has 25 heavy (non-hydrogen) atoms. The van der Waals surface area contributed by atoms with Gasteiger partial charge in [-0.15, -0.1) is 0 Å². The molecule has 2 rings (SSSR count). The van der Waals surface area contributed by atoms with Gasteiger partial charge in [-0.05, 0) is 42.4 Å². The number of methoxy groups -OCH3 is 1. The first-order valence-electron chi connectivity index (χ1n) is 9.36. The van der Waals surface area contributed by atoms with Crippen LogP contribution >= 0.6 is 0 Å². The number of hydrogen-bond donors (Lipinski definition) is 2. The third kappa shape index (κ3) is 6.24. The molecule has 0 unspecified atom stereocenters. The van der Waals surface area contributed by atoms with E-state index in [-0.39, 0.29) is 0 Å². The molecule has 0 saturated heterocycles. The second kappa shape index (κ2) is 10.3. The fourth-order valence-electron chi connectivity index (χ4n) is 3.15. The molecule has 0 spiro atoms. The summed E-state index contributed by atoms with van der Waals surface area (Å²) in [5.41, 5.74) is 1.66. The van der Waals surface area contributed by atoms with Crippen LogP contribution in [-0.2, 0) is 11.3 Å². The Bertz CT molecular complexity index is 536. The van der Waals surface area contributed by atoms with E-state index in [2.05, 4.69) is 34.7 Å². The summed E-state index contributed by atoms with van der Waals surface area (Å²) >= 11 is 0. The molecule has 0 aromatic heterocycles. The quantitative estimate of drug-likeness (QED) is 0.387. The molecule has 0 aliphatic heterocycles. The van der Waals surface area contributed by atoms with Gasteiger partial charge in [0.1, 0.15) is 5.75 Å². The summed E-state index contributed by atoms with van der Waals surface area (Å²) in [6.45, 7) is 5.42. The van der Waals surface area contributed by atoms with Gasteiger partial charge < -0.3 is 20.1 Å². The number of rotatable bonds is 10. The van der Waals surface area contributed by atoms with E-state index in [1.807, 2.05) is 19.2 Å². The molecule has 0 heterocycles. The number of ether oxygens (including phenoxy) is 2. The minimum Gasteiger partial charge on any atom is -0.493 e. The molecule has 1 aromatic carbocycles. The van der Waals surface area contributed by atoms with Crippen LogP contribution in [-0.4, -0.2) is 39.9 Å². The molecular formula is C20H33N3O2. The minimum atomic E-state index is 0.480. The lowest BCUT2D eigenvalue weighted by atomic mass is 9.67. The van der Waals surface area contributed by atoms with E-state index in [1.165, 1.54) is 31.2 Å². The van der Waals surface area contributed by atoms with Crippen LogP contribution in [0.25, 0.3) is 0 Å². The van der Waals surface area contributed by atoms with Crippen molar-refractivity contribution in [3.63, 3.8) is 0 Å². The number of hydrogen-bond acceptors (Lipinski definition) is 3. The van der Waals surface area contributed by atoms with E-state index in [9.17, 15) is 0 Å². The number of aliphatic imine (C=N–C) groups is 1. The van der Waals surface area contributed by atoms with E-state index in [0.717, 1.165) is 37.8 Å². The second-order valence-electron chi connectivity index (χ2n) is 6.83. The monoisotopic (exact) mass is 347 g/mol. The Labute approximate surface area is 152 Å². The van der Waals surface area contributed by atoms with Gasteiger partial charge in [-0.2, -0.15) is 0 Å². The lowest BCUT2D eigenvalue weighted by Gasteiger charge is -2.41. The maximum absolute atomic E-state index is 5.76. The van der Waals surface area contributed by atoms with Crippen molar-refractivity contribution in [2.45, 2.75) is 45.6 Å². The van der Waals surface area contributed by atoms with Gasteiger partial charge in [0.2, 0.25) is 0 Å². The maximum atomic E-state index is 5.76. The zero-order valence-corrected chi connectivity index (χ0v) is 15.9. The topological polar surface area (TPSA) is 54.9 Å². The number of benzene rings is 1. The first kappa shape index (κ1) is 19.6. The lowest BCUT2D eigenvalue weighted by Crippen LogP contribution is -2.46. The van der Waals surface area contributed by atoms with Crippen molar-refractivity contribution < 1.29 is 9.47 Å². The van der Waals surface area contributed by atoms with Crippen molar-refractivity contribution >= 4 is 5.96 Å². The Morgan fingerprint density at radius 2 is 2.08 bits per heavy atom. The smallest absolute Gasteiger partial charge is 0.191 e. The van der Waals surface area contributed by atoms with Crippen LogP contribution < -0.4 is 15.4 Å². The fraction of sp³-hybridized carbons (Fsp3) is 0.650. The Balaban J connectivity index is 1.76. The van der Waals surface area contributed by atoms with Gasteiger partial charge in [-0.25, -0.2) is 0 Å². The summed E-state index contributed by atoms with van der Waals surface area (Å²) in [7, 11) is 3.53. The zero-order chi connectivity index (χ0) is 18.0. The maximum Gasteiger partial charge on any atom is 0.191 e. The normalized spacial score (nSPS) is 16.2. The van der Waals surface area contributed by atoms with Crippen LogP contribution in [0.1, 0.15) is 44.6 Å². The summed E-state index contributed by atoms with van der Waals surface area (Å²) in [5, 5.41) is 6.89. The van der Waals surface area contributed by atoms with Gasteiger partial charge in [-0.3, -0.25) is 4.99 Å². The van der Waals surface area contributed by atoms with Gasteiger partial charge >= 0.3 is 0 Å². The molecule has 0 amide bonds. The first-order valence-corrected chi connectivity index (χ1v) is 9.36. The highest BCUT2D eigenvalue weighted by atomic mass is 16.5. The Morgan fingerprint density at radius 3 is 2.72 bits per heavy atom. The molecule has 1 saturated carbocycles. The van der Waals surface area contributed by atoms with E-state index in [0.29, 0.717) is 12.0 Å². The third-order valence-electron chi connectivity index (χ3n) is 5.14. The van der Waals surface area contributed by atoms with Crippen molar-refractivity contribution in [1.82, 2.24) is 10.6 Å². The number of nitrogens with one attached hydrogen (secondary N) is 2. The molecule has 0 atom stereocenters. The zero-order valence-electron chi connectivity index (χ0n) is 15.9. The Morgan fingerprint density at radius 1 is 1.24 bits per heavy atom. The summed E-state index contributed by atoms with van der Waals surface area (Å²) in [6, 6.07) is 8.19. The van der Waals surface area contributed by atoms with Gasteiger partial charge in [-0.1, -0.05) is 25.5 Å². The summed E-state index contributed by atoms with van der Waals surface area (Å²) in [4.78, 5) is 4.34. The van der Waals surface area contributed by atoms with Gasteiger partial charge in [0, 0.05) is 40.3 Å². The fourth-order valence-corrected chi connectivity index (χ4v) is 3.15. The van der Waals surface area contributed by atoms with Crippen molar-refractivity contribution in [1.29, 1.82) is 0 Å². The second-order valence-corrected chi connectivity index (χ2v) is 6.83. The van der Waals surface area contributed by atoms with Crippen LogP contribution in [0.2, 0.25) is 0 Å². The molecule has 1 fully saturated rings. The van der Waals surface area contributed by atoms with Gasteiger partial charge in [0.15, 0.2) is 5.96 Å². The van der Waals surface area contributed by atoms with Crippen molar-refractivity contribution in [3.05, 3.63) is 29.8 Å². The highest BCUT2D eigenvalue weighted by Gasteiger charge is 2.34. The van der Waals surface area contributed by atoms with E-state index < -0.39 is 0 Å². The average molecular weight is 348 g/mol. The summed E-state index contributed by atoms with van der Waals surface area (Å²) < 4.78 is 10.8. The number of nitrogens with zero attached hydrogens (tertiary/aromatic N) is 1. The van der Waals surface area contributed by atoms with E-state index in [1.54, 1.807) is 7.11 Å². The summed E-state index contributed by atoms with van der Waals surface area (Å²) in [5.74, 6) is 1.77. The Kier molecular flexibility index (Phi) is 8.06. The highest BCUT2D eigenvalue weighted by molar-refractivity contribution is 5.79. The predicted octanol–water partition coefficient (Wildman–Crippen LogP) is 3.35. The molecule has 140 valence electrons. The molecule has 1 aliphatic rings. The molecule has 1 aliphatic carbocycles. The van der Waals surface area contributed by atoms with E-state index >= 15 is 0 Å². The SMILES string of the molecule is CCC1(CNC(=NC)NCc2cccc(OCCCOC)c2)CCC1. The predicted molar refractivity (Wildman–Crippen MR) is 103 cm³/mol. The van der Waals surface area contributed by atoms with Crippen molar-refractivity contribution in [2.75, 3.05) is 33.9 Å². The molecule has 5 heteroatoms. The molecule has 5 nitrogen and oxygen atoms in total. The van der Waals surface area contributed by atoms with Crippen molar-refractivity contribution in [3.8, 4) is 5.75 Å². The van der Waals surface area contributed by atoms with E-state index in [4.69, 9.17) is 9.47 Å². The summed E-state index contributed by atoms with van der Waals surface area (Å²) in [6.07, 6.45) is 6.15. The van der Waals surface area contributed by atoms with Gasteiger partial charge in [0.25, 0.3) is 0 Å². The molecule has 1 aromatic rings. The van der Waals surface area contributed by atoms with Crippen LogP contribution in [0.15, 0.2) is 29.3 Å². The first-order chi connectivity index (χ1) is 12.2. The standard InChI is InChI=1S/C20H33N3O2/c1-4-20(10-6-11-20)16-23-19(21-2)22-15-17-8-5-9-18(14-17)25-13-7-12-24-3/h5,8-9,14H,4,6-7,10-13,15-16H2,1-3H3,(H2,21,22,23). The number of guanidine groups is 1. The molecular weight excluding hydrogens is 314 g/mol. The average Bonchev–Trinajstić information content (AvgIpc) is 2.61. The van der Waals surface area contributed by atoms with Crippen LogP contribution in [0.3, 0.4) is 0 Å². The molecule has 0 radical (unpaired) electrons. The lowest BCUT2D eigenvalue weighted by molar-refractivity contribution is 0.131. The van der Waals surface area contributed by atoms with Crippen LogP contribution in [0.5, 0.6) is 5.75 Å². The minimum absolute atomic E-state index is 0.480. The van der Waals surface area contributed by atoms with Crippen molar-refractivity contribution in [2.24, 2.45) is 10.4 Å². The highest BCUT2D eigenvalue weighted by Crippen LogP contribution is 2.42.